The maximum Gasteiger partial charge on any atom is 0.226 e. The minimum absolute atomic E-state index is 0.0191. The van der Waals surface area contributed by atoms with Gasteiger partial charge in [-0.05, 0) is 37.0 Å². The number of piperidine rings is 1. The number of nitrogens with one attached hydrogen (secondary N) is 1. The number of ether oxygens (including phenoxy) is 1. The summed E-state index contributed by atoms with van der Waals surface area (Å²) in [5, 5.41) is 3.97. The average Bonchev–Trinajstić information content (AvgIpc) is 3.11. The number of aromatic nitrogens is 1. The first-order chi connectivity index (χ1) is 12.7. The van der Waals surface area contributed by atoms with E-state index in [1.807, 2.05) is 24.3 Å². The Morgan fingerprint density at radius 3 is 2.77 bits per heavy atom. The van der Waals surface area contributed by atoms with Gasteiger partial charge in [0.1, 0.15) is 18.2 Å². The number of amides is 1. The SMILES string of the molecule is C#CCOc1ccc(C2CC(=O)Nc3nc(N4CCCCC4)sc32)cc1. The van der Waals surface area contributed by atoms with Crippen molar-refractivity contribution >= 4 is 28.2 Å². The minimum Gasteiger partial charge on any atom is -0.481 e. The van der Waals surface area contributed by atoms with Crippen molar-refractivity contribution in [3.63, 3.8) is 0 Å². The molecule has 2 aromatic rings. The molecule has 1 saturated heterocycles. The number of benzene rings is 1. The normalized spacial score (nSPS) is 19.4. The minimum atomic E-state index is 0.0191. The molecule has 4 rings (SSSR count). The summed E-state index contributed by atoms with van der Waals surface area (Å²) < 4.78 is 5.44. The standard InChI is InChI=1S/C20H21N3O2S/c1-2-12-25-15-8-6-14(7-9-15)16-13-17(24)21-19-18(16)26-20(22-19)23-10-4-3-5-11-23/h1,6-9,16H,3-5,10-13H2,(H,21,24). The van der Waals surface area contributed by atoms with Crippen LogP contribution < -0.4 is 15.0 Å². The van der Waals surface area contributed by atoms with E-state index in [0.29, 0.717) is 6.42 Å². The number of carbonyl (C=O) groups is 1. The molecule has 1 fully saturated rings. The second-order valence-electron chi connectivity index (χ2n) is 6.62. The van der Waals surface area contributed by atoms with Gasteiger partial charge < -0.3 is 15.0 Å². The smallest absolute Gasteiger partial charge is 0.226 e. The molecule has 1 aromatic heterocycles. The van der Waals surface area contributed by atoms with Gasteiger partial charge in [-0.2, -0.15) is 0 Å². The van der Waals surface area contributed by atoms with Crippen molar-refractivity contribution in [2.45, 2.75) is 31.6 Å². The number of rotatable bonds is 4. The topological polar surface area (TPSA) is 54.5 Å². The number of hydrogen-bond acceptors (Lipinski definition) is 5. The molecule has 1 N–H and O–H groups in total. The number of thiazole rings is 1. The van der Waals surface area contributed by atoms with Crippen LogP contribution in [0.15, 0.2) is 24.3 Å². The molecule has 2 aliphatic rings. The second-order valence-corrected chi connectivity index (χ2v) is 7.63. The van der Waals surface area contributed by atoms with Crippen LogP contribution in [0.4, 0.5) is 10.9 Å². The van der Waals surface area contributed by atoms with E-state index in [1.54, 1.807) is 11.3 Å². The van der Waals surface area contributed by atoms with Crippen LogP contribution in [0.1, 0.15) is 42.0 Å². The van der Waals surface area contributed by atoms with Crippen molar-refractivity contribution in [2.24, 2.45) is 0 Å². The van der Waals surface area contributed by atoms with Crippen LogP contribution >= 0.6 is 11.3 Å². The monoisotopic (exact) mass is 367 g/mol. The zero-order valence-electron chi connectivity index (χ0n) is 14.5. The van der Waals surface area contributed by atoms with E-state index >= 15 is 0 Å². The van der Waals surface area contributed by atoms with E-state index in [0.717, 1.165) is 40.2 Å². The molecule has 0 saturated carbocycles. The number of anilines is 2. The highest BCUT2D eigenvalue weighted by molar-refractivity contribution is 7.16. The summed E-state index contributed by atoms with van der Waals surface area (Å²) in [4.78, 5) is 20.4. The van der Waals surface area contributed by atoms with Crippen molar-refractivity contribution in [2.75, 3.05) is 29.9 Å². The zero-order valence-corrected chi connectivity index (χ0v) is 15.3. The summed E-state index contributed by atoms with van der Waals surface area (Å²) in [5.41, 5.74) is 1.10. The molecular formula is C20H21N3O2S. The molecule has 1 atom stereocenters. The number of nitrogens with zero attached hydrogens (tertiary/aromatic N) is 2. The maximum absolute atomic E-state index is 12.2. The number of fused-ring (bicyclic) bond motifs is 1. The van der Waals surface area contributed by atoms with Gasteiger partial charge in [0, 0.05) is 25.4 Å². The van der Waals surface area contributed by atoms with Crippen molar-refractivity contribution in [1.82, 2.24) is 4.98 Å². The van der Waals surface area contributed by atoms with Crippen molar-refractivity contribution in [3.8, 4) is 18.1 Å². The lowest BCUT2D eigenvalue weighted by atomic mass is 9.91. The van der Waals surface area contributed by atoms with Gasteiger partial charge in [-0.1, -0.05) is 29.4 Å². The first kappa shape index (κ1) is 16.9. The van der Waals surface area contributed by atoms with Crippen LogP contribution in [0, 0.1) is 12.3 Å². The van der Waals surface area contributed by atoms with E-state index < -0.39 is 0 Å². The predicted octanol–water partition coefficient (Wildman–Crippen LogP) is 3.62. The summed E-state index contributed by atoms with van der Waals surface area (Å²) in [5.74, 6) is 3.99. The quantitative estimate of drug-likeness (QED) is 0.839. The van der Waals surface area contributed by atoms with Crippen molar-refractivity contribution < 1.29 is 9.53 Å². The Morgan fingerprint density at radius 2 is 2.04 bits per heavy atom. The molecule has 1 unspecified atom stereocenters. The van der Waals surface area contributed by atoms with Gasteiger partial charge in [0.15, 0.2) is 5.13 Å². The summed E-state index contributed by atoms with van der Waals surface area (Å²) in [7, 11) is 0. The number of terminal acetylenes is 1. The van der Waals surface area contributed by atoms with E-state index in [-0.39, 0.29) is 18.4 Å². The highest BCUT2D eigenvalue weighted by Crippen LogP contribution is 2.43. The van der Waals surface area contributed by atoms with Crippen LogP contribution in [0.5, 0.6) is 5.75 Å². The Bertz CT molecular complexity index is 832. The van der Waals surface area contributed by atoms with Crippen LogP contribution in [0.2, 0.25) is 0 Å². The van der Waals surface area contributed by atoms with E-state index in [4.69, 9.17) is 16.1 Å². The van der Waals surface area contributed by atoms with Gasteiger partial charge in [0.2, 0.25) is 5.91 Å². The third kappa shape index (κ3) is 3.40. The Balaban J connectivity index is 1.61. The van der Waals surface area contributed by atoms with Gasteiger partial charge in [0.25, 0.3) is 0 Å². The zero-order chi connectivity index (χ0) is 17.9. The second kappa shape index (κ2) is 7.38. The summed E-state index contributed by atoms with van der Waals surface area (Å²) in [6, 6.07) is 7.84. The summed E-state index contributed by atoms with van der Waals surface area (Å²) in [6.45, 7) is 2.35. The highest BCUT2D eigenvalue weighted by atomic mass is 32.1. The molecule has 26 heavy (non-hydrogen) atoms. The third-order valence-corrected chi connectivity index (χ3v) is 6.07. The molecule has 0 spiro atoms. The molecule has 1 aromatic carbocycles. The predicted molar refractivity (Wildman–Crippen MR) is 104 cm³/mol. The molecule has 1 amide bonds. The molecule has 6 heteroatoms. The summed E-state index contributed by atoms with van der Waals surface area (Å²) in [6.07, 6.45) is 9.37. The fraction of sp³-hybridized carbons (Fsp3) is 0.400. The lowest BCUT2D eigenvalue weighted by Gasteiger charge is -2.25. The lowest BCUT2D eigenvalue weighted by molar-refractivity contribution is -0.116. The van der Waals surface area contributed by atoms with Crippen LogP contribution in [-0.2, 0) is 4.79 Å². The van der Waals surface area contributed by atoms with E-state index in [1.165, 1.54) is 19.3 Å². The molecule has 5 nitrogen and oxygen atoms in total. The molecule has 2 aliphatic heterocycles. The fourth-order valence-corrected chi connectivity index (χ4v) is 4.72. The van der Waals surface area contributed by atoms with Crippen LogP contribution in [-0.4, -0.2) is 30.6 Å². The molecule has 0 radical (unpaired) electrons. The molecule has 0 bridgehead atoms. The van der Waals surface area contributed by atoms with Gasteiger partial charge in [0.05, 0.1) is 4.88 Å². The maximum atomic E-state index is 12.2. The summed E-state index contributed by atoms with van der Waals surface area (Å²) >= 11 is 1.71. The lowest BCUT2D eigenvalue weighted by Crippen LogP contribution is -2.29. The molecule has 3 heterocycles. The first-order valence-corrected chi connectivity index (χ1v) is 9.78. The highest BCUT2D eigenvalue weighted by Gasteiger charge is 2.31. The largest absolute Gasteiger partial charge is 0.481 e. The van der Waals surface area contributed by atoms with E-state index in [2.05, 4.69) is 16.1 Å². The molecular weight excluding hydrogens is 346 g/mol. The number of hydrogen-bond donors (Lipinski definition) is 1. The third-order valence-electron chi connectivity index (χ3n) is 4.84. The van der Waals surface area contributed by atoms with Crippen molar-refractivity contribution in [1.29, 1.82) is 0 Å². The average molecular weight is 367 g/mol. The van der Waals surface area contributed by atoms with Crippen LogP contribution in [0.25, 0.3) is 0 Å². The van der Waals surface area contributed by atoms with Crippen LogP contribution in [0.3, 0.4) is 0 Å². The Kier molecular flexibility index (Phi) is 4.81. The number of carbonyl (C=O) groups excluding carboxylic acids is 1. The first-order valence-electron chi connectivity index (χ1n) is 8.96. The van der Waals surface area contributed by atoms with Crippen molar-refractivity contribution in [3.05, 3.63) is 34.7 Å². The molecule has 0 aliphatic carbocycles. The van der Waals surface area contributed by atoms with Gasteiger partial charge in [-0.3, -0.25) is 4.79 Å². The van der Waals surface area contributed by atoms with Gasteiger partial charge >= 0.3 is 0 Å². The Morgan fingerprint density at radius 1 is 1.27 bits per heavy atom. The Hall–Kier alpha value is -2.52. The van der Waals surface area contributed by atoms with Gasteiger partial charge in [-0.25, -0.2) is 4.98 Å². The van der Waals surface area contributed by atoms with Gasteiger partial charge in [-0.15, -0.1) is 6.42 Å². The fourth-order valence-electron chi connectivity index (χ4n) is 3.52. The molecule has 134 valence electrons. The van der Waals surface area contributed by atoms with E-state index in [9.17, 15) is 4.79 Å². The Labute approximate surface area is 157 Å².